The van der Waals surface area contributed by atoms with Crippen molar-refractivity contribution in [2.24, 2.45) is 0 Å². The molecular weight excluding hydrogens is 206 g/mol. The van der Waals surface area contributed by atoms with Crippen LogP contribution in [0.3, 0.4) is 0 Å². The number of aryl methyl sites for hydroxylation is 2. The number of hydrogen-bond donors (Lipinski definition) is 0. The zero-order valence-corrected chi connectivity index (χ0v) is 9.67. The lowest BCUT2D eigenvalue weighted by molar-refractivity contribution is 0.303. The van der Waals surface area contributed by atoms with Gasteiger partial charge in [0.25, 0.3) is 0 Å². The fourth-order valence-corrected chi connectivity index (χ4v) is 2.03. The molecule has 0 aliphatic heterocycles. The van der Waals surface area contributed by atoms with Gasteiger partial charge < -0.3 is 4.74 Å². The SMILES string of the molecule is Cc1cnc(COc2ccccc2C)s1. The third-order valence-corrected chi connectivity index (χ3v) is 3.00. The molecule has 2 nitrogen and oxygen atoms in total. The molecule has 2 aromatic rings. The summed E-state index contributed by atoms with van der Waals surface area (Å²) >= 11 is 1.68. The van der Waals surface area contributed by atoms with Crippen LogP contribution in [-0.2, 0) is 6.61 Å². The molecule has 0 aliphatic rings. The summed E-state index contributed by atoms with van der Waals surface area (Å²) in [6.07, 6.45) is 1.88. The maximum absolute atomic E-state index is 5.68. The van der Waals surface area contributed by atoms with Gasteiger partial charge in [-0.05, 0) is 25.5 Å². The van der Waals surface area contributed by atoms with Crippen molar-refractivity contribution in [3.8, 4) is 5.75 Å². The summed E-state index contributed by atoms with van der Waals surface area (Å²) < 4.78 is 5.68. The number of para-hydroxylation sites is 1. The van der Waals surface area contributed by atoms with E-state index in [0.717, 1.165) is 16.3 Å². The molecule has 0 saturated heterocycles. The van der Waals surface area contributed by atoms with Crippen molar-refractivity contribution in [2.75, 3.05) is 0 Å². The second-order valence-corrected chi connectivity index (χ2v) is 4.74. The summed E-state index contributed by atoms with van der Waals surface area (Å²) in [4.78, 5) is 5.47. The number of ether oxygens (including phenoxy) is 1. The third kappa shape index (κ3) is 2.57. The Balaban J connectivity index is 2.02. The molecule has 0 bridgehead atoms. The van der Waals surface area contributed by atoms with E-state index < -0.39 is 0 Å². The molecule has 1 aromatic heterocycles. The van der Waals surface area contributed by atoms with E-state index in [-0.39, 0.29) is 0 Å². The van der Waals surface area contributed by atoms with Crippen LogP contribution in [0.25, 0.3) is 0 Å². The van der Waals surface area contributed by atoms with Crippen molar-refractivity contribution in [1.29, 1.82) is 0 Å². The predicted octanol–water partition coefficient (Wildman–Crippen LogP) is 3.34. The summed E-state index contributed by atoms with van der Waals surface area (Å²) in [5, 5.41) is 1.02. The van der Waals surface area contributed by atoms with Crippen molar-refractivity contribution in [3.05, 3.63) is 45.9 Å². The molecule has 15 heavy (non-hydrogen) atoms. The molecular formula is C12H13NOS. The Morgan fingerprint density at radius 1 is 1.27 bits per heavy atom. The Labute approximate surface area is 93.6 Å². The average molecular weight is 219 g/mol. The van der Waals surface area contributed by atoms with Gasteiger partial charge in [0.2, 0.25) is 0 Å². The molecule has 1 aromatic carbocycles. The van der Waals surface area contributed by atoms with Crippen LogP contribution in [-0.4, -0.2) is 4.98 Å². The Morgan fingerprint density at radius 2 is 2.07 bits per heavy atom. The molecule has 78 valence electrons. The van der Waals surface area contributed by atoms with Gasteiger partial charge in [0.15, 0.2) is 0 Å². The highest BCUT2D eigenvalue weighted by atomic mass is 32.1. The fraction of sp³-hybridized carbons (Fsp3) is 0.250. The highest BCUT2D eigenvalue weighted by molar-refractivity contribution is 7.11. The Hall–Kier alpha value is -1.35. The van der Waals surface area contributed by atoms with E-state index in [9.17, 15) is 0 Å². The normalized spacial score (nSPS) is 10.3. The van der Waals surface area contributed by atoms with E-state index in [4.69, 9.17) is 4.74 Å². The predicted molar refractivity (Wildman–Crippen MR) is 62.4 cm³/mol. The molecule has 0 amide bonds. The van der Waals surface area contributed by atoms with Gasteiger partial charge in [-0.1, -0.05) is 18.2 Å². The van der Waals surface area contributed by atoms with Gasteiger partial charge in [-0.15, -0.1) is 11.3 Å². The molecule has 0 radical (unpaired) electrons. The lowest BCUT2D eigenvalue weighted by Crippen LogP contribution is -1.95. The minimum atomic E-state index is 0.559. The van der Waals surface area contributed by atoms with Gasteiger partial charge in [0.05, 0.1) is 0 Å². The molecule has 0 fully saturated rings. The van der Waals surface area contributed by atoms with Crippen molar-refractivity contribution >= 4 is 11.3 Å². The topological polar surface area (TPSA) is 22.1 Å². The zero-order chi connectivity index (χ0) is 10.7. The number of aromatic nitrogens is 1. The molecule has 1 heterocycles. The van der Waals surface area contributed by atoms with E-state index in [2.05, 4.69) is 11.9 Å². The Morgan fingerprint density at radius 3 is 2.73 bits per heavy atom. The quantitative estimate of drug-likeness (QED) is 0.790. The first-order chi connectivity index (χ1) is 7.25. The van der Waals surface area contributed by atoms with E-state index in [1.165, 1.54) is 4.88 Å². The Bertz CT molecular complexity index is 450. The summed E-state index contributed by atoms with van der Waals surface area (Å²) in [7, 11) is 0. The van der Waals surface area contributed by atoms with Crippen LogP contribution in [0.4, 0.5) is 0 Å². The molecule has 0 spiro atoms. The number of nitrogens with zero attached hydrogens (tertiary/aromatic N) is 1. The van der Waals surface area contributed by atoms with E-state index >= 15 is 0 Å². The third-order valence-electron chi connectivity index (χ3n) is 2.11. The number of hydrogen-bond acceptors (Lipinski definition) is 3. The number of rotatable bonds is 3. The van der Waals surface area contributed by atoms with Crippen LogP contribution in [0.2, 0.25) is 0 Å². The summed E-state index contributed by atoms with van der Waals surface area (Å²) in [5.74, 6) is 0.936. The van der Waals surface area contributed by atoms with E-state index in [1.807, 2.05) is 37.4 Å². The molecule has 0 unspecified atom stereocenters. The fourth-order valence-electron chi connectivity index (χ4n) is 1.33. The van der Waals surface area contributed by atoms with E-state index in [0.29, 0.717) is 6.61 Å². The Kier molecular flexibility index (Phi) is 3.02. The van der Waals surface area contributed by atoms with Crippen molar-refractivity contribution in [2.45, 2.75) is 20.5 Å². The number of thiazole rings is 1. The second-order valence-electron chi connectivity index (χ2n) is 3.42. The molecule has 3 heteroatoms. The van der Waals surface area contributed by atoms with Gasteiger partial charge in [-0.25, -0.2) is 4.98 Å². The average Bonchev–Trinajstić information content (AvgIpc) is 2.63. The molecule has 0 N–H and O–H groups in total. The lowest BCUT2D eigenvalue weighted by atomic mass is 10.2. The van der Waals surface area contributed by atoms with Crippen LogP contribution >= 0.6 is 11.3 Å². The standard InChI is InChI=1S/C12H13NOS/c1-9-5-3-4-6-11(9)14-8-12-13-7-10(2)15-12/h3-7H,8H2,1-2H3. The first-order valence-corrected chi connectivity index (χ1v) is 5.67. The van der Waals surface area contributed by atoms with E-state index in [1.54, 1.807) is 11.3 Å². The van der Waals surface area contributed by atoms with Gasteiger partial charge in [-0.2, -0.15) is 0 Å². The lowest BCUT2D eigenvalue weighted by Gasteiger charge is -2.06. The first kappa shape index (κ1) is 10.2. The van der Waals surface area contributed by atoms with Gasteiger partial charge in [-0.3, -0.25) is 0 Å². The zero-order valence-electron chi connectivity index (χ0n) is 8.86. The van der Waals surface area contributed by atoms with Crippen molar-refractivity contribution in [3.63, 3.8) is 0 Å². The monoisotopic (exact) mass is 219 g/mol. The smallest absolute Gasteiger partial charge is 0.140 e. The second kappa shape index (κ2) is 4.45. The molecule has 0 saturated carbocycles. The largest absolute Gasteiger partial charge is 0.486 e. The van der Waals surface area contributed by atoms with Crippen molar-refractivity contribution < 1.29 is 4.74 Å². The van der Waals surface area contributed by atoms with Crippen LogP contribution < -0.4 is 4.74 Å². The highest BCUT2D eigenvalue weighted by Crippen LogP contribution is 2.19. The van der Waals surface area contributed by atoms with Gasteiger partial charge in [0.1, 0.15) is 17.4 Å². The highest BCUT2D eigenvalue weighted by Gasteiger charge is 2.01. The minimum absolute atomic E-state index is 0.559. The summed E-state index contributed by atoms with van der Waals surface area (Å²) in [5.41, 5.74) is 1.16. The van der Waals surface area contributed by atoms with Crippen molar-refractivity contribution in [1.82, 2.24) is 4.98 Å². The van der Waals surface area contributed by atoms with Gasteiger partial charge in [0, 0.05) is 11.1 Å². The minimum Gasteiger partial charge on any atom is -0.486 e. The van der Waals surface area contributed by atoms with Gasteiger partial charge >= 0.3 is 0 Å². The first-order valence-electron chi connectivity index (χ1n) is 4.85. The molecule has 0 aliphatic carbocycles. The summed E-state index contributed by atoms with van der Waals surface area (Å²) in [6, 6.07) is 8.02. The maximum atomic E-state index is 5.68. The summed E-state index contributed by atoms with van der Waals surface area (Å²) in [6.45, 7) is 4.65. The molecule has 0 atom stereocenters. The van der Waals surface area contributed by atoms with Crippen LogP contribution in [0.5, 0.6) is 5.75 Å². The van der Waals surface area contributed by atoms with Crippen LogP contribution in [0.15, 0.2) is 30.5 Å². The number of benzene rings is 1. The molecule has 2 rings (SSSR count). The van der Waals surface area contributed by atoms with Crippen LogP contribution in [0, 0.1) is 13.8 Å². The maximum Gasteiger partial charge on any atom is 0.140 e. The van der Waals surface area contributed by atoms with Crippen LogP contribution in [0.1, 0.15) is 15.4 Å².